The third kappa shape index (κ3) is 16.7. The molecule has 4 aliphatic heterocycles. The first-order valence-electron chi connectivity index (χ1n) is 32.8. The van der Waals surface area contributed by atoms with Gasteiger partial charge in [-0.2, -0.15) is 0 Å². The molecule has 0 bridgehead atoms. The molecular weight excluding hydrogens is 1360 g/mol. The first-order valence-corrected chi connectivity index (χ1v) is 34.4. The van der Waals surface area contributed by atoms with Gasteiger partial charge < -0.3 is 60.0 Å². The van der Waals surface area contributed by atoms with Crippen LogP contribution in [0.4, 0.5) is 11.4 Å². The fourth-order valence-electron chi connectivity index (χ4n) is 12.9. The summed E-state index contributed by atoms with van der Waals surface area (Å²) >= 11 is 27.9. The van der Waals surface area contributed by atoms with Crippen LogP contribution in [0.3, 0.4) is 0 Å². The van der Waals surface area contributed by atoms with Crippen molar-refractivity contribution < 1.29 is 47.7 Å². The molecule has 0 spiro atoms. The largest absolute Gasteiger partial charge is 0.496 e. The number of rotatable bonds is 24. The van der Waals surface area contributed by atoms with E-state index in [1.165, 1.54) is 14.2 Å². The lowest BCUT2D eigenvalue weighted by Crippen LogP contribution is -2.35. The minimum absolute atomic E-state index is 0.0917. The lowest BCUT2D eigenvalue weighted by atomic mass is 10.0. The number of carbonyl (C=O) groups is 6. The number of halogens is 4. The van der Waals surface area contributed by atoms with Gasteiger partial charge in [-0.3, -0.25) is 48.5 Å². The Balaban J connectivity index is 0.000000202. The van der Waals surface area contributed by atoms with Crippen molar-refractivity contribution in [1.82, 2.24) is 60.1 Å². The smallest absolute Gasteiger partial charge is 0.306 e. The molecule has 524 valence electrons. The van der Waals surface area contributed by atoms with Crippen LogP contribution in [0, 0.1) is 0 Å². The fourth-order valence-corrected chi connectivity index (χ4v) is 14.1. The summed E-state index contributed by atoms with van der Waals surface area (Å²) in [6, 6.07) is 26.2. The van der Waals surface area contributed by atoms with E-state index in [4.69, 9.17) is 65.4 Å². The number of nitrogens with one attached hydrogen (secondary N) is 6. The van der Waals surface area contributed by atoms with Crippen LogP contribution in [0.1, 0.15) is 93.7 Å². The van der Waals surface area contributed by atoms with Gasteiger partial charge in [0.15, 0.2) is 11.6 Å². The molecule has 28 heteroatoms. The molecule has 8 aromatic rings. The molecule has 24 nitrogen and oxygen atoms in total. The highest BCUT2D eigenvalue weighted by molar-refractivity contribution is 6.40. The fraction of sp³-hybridized carbons (Fsp3) is 0.361. The van der Waals surface area contributed by atoms with Crippen molar-refractivity contribution in [2.75, 3.05) is 78.3 Å². The summed E-state index contributed by atoms with van der Waals surface area (Å²) in [7, 11) is 9.66. The van der Waals surface area contributed by atoms with Crippen LogP contribution in [0.5, 0.6) is 11.5 Å². The van der Waals surface area contributed by atoms with Gasteiger partial charge in [-0.05, 0) is 49.2 Å². The predicted molar refractivity (Wildman–Crippen MR) is 383 cm³/mol. The van der Waals surface area contributed by atoms with E-state index in [2.05, 4.69) is 61.6 Å². The van der Waals surface area contributed by atoms with Crippen molar-refractivity contribution >= 4 is 93.3 Å². The van der Waals surface area contributed by atoms with E-state index in [-0.39, 0.29) is 47.5 Å². The second kappa shape index (κ2) is 33.0. The Morgan fingerprint density at radius 3 is 1.33 bits per heavy atom. The maximum absolute atomic E-state index is 13.5. The quantitative estimate of drug-likeness (QED) is 0.0307. The molecule has 2 atom stereocenters. The van der Waals surface area contributed by atoms with Crippen molar-refractivity contribution in [3.05, 3.63) is 163 Å². The summed E-state index contributed by atoms with van der Waals surface area (Å²) in [5.41, 5.74) is 11.6. The second-order valence-corrected chi connectivity index (χ2v) is 26.2. The summed E-state index contributed by atoms with van der Waals surface area (Å²) in [5.74, 6) is 0.795. The molecule has 0 radical (unpaired) electrons. The summed E-state index contributed by atoms with van der Waals surface area (Å²) in [4.78, 5) is 96.0. The summed E-state index contributed by atoms with van der Waals surface area (Å²) in [6.45, 7) is 6.20. The van der Waals surface area contributed by atoms with E-state index in [9.17, 15) is 28.8 Å². The third-order valence-corrected chi connectivity index (χ3v) is 19.9. The number of hydrogen-bond acceptors (Lipinski definition) is 18. The zero-order valence-corrected chi connectivity index (χ0v) is 59.3. The van der Waals surface area contributed by atoms with E-state index in [1.807, 2.05) is 71.8 Å². The highest BCUT2D eigenvalue weighted by Gasteiger charge is 2.30. The molecule has 4 aromatic carbocycles. The maximum atomic E-state index is 13.5. The number of ether oxygens (including phenoxy) is 4. The Bertz CT molecular complexity index is 4140. The number of amides is 4. The van der Waals surface area contributed by atoms with Gasteiger partial charge in [-0.1, -0.05) is 94.9 Å². The number of fused-ring (bicyclic) bond motifs is 2. The third-order valence-electron chi connectivity index (χ3n) is 18.4. The zero-order chi connectivity index (χ0) is 70.7. The Labute approximate surface area is 599 Å². The number of imidazole rings is 2. The van der Waals surface area contributed by atoms with Crippen molar-refractivity contribution in [3.8, 4) is 56.3 Å². The van der Waals surface area contributed by atoms with Crippen LogP contribution >= 0.6 is 46.4 Å². The number of pyridine rings is 2. The van der Waals surface area contributed by atoms with E-state index < -0.39 is 11.8 Å². The number of methoxy groups -OCH3 is 4. The van der Waals surface area contributed by atoms with E-state index >= 15 is 0 Å². The zero-order valence-electron chi connectivity index (χ0n) is 56.3. The molecule has 0 unspecified atom stereocenters. The monoisotopic (exact) mass is 1440 g/mol. The van der Waals surface area contributed by atoms with Gasteiger partial charge in [0.1, 0.15) is 11.5 Å². The Hall–Kier alpha value is -8.98. The van der Waals surface area contributed by atoms with Gasteiger partial charge in [-0.25, -0.2) is 9.97 Å². The Morgan fingerprint density at radius 2 is 0.950 bits per heavy atom. The summed E-state index contributed by atoms with van der Waals surface area (Å²) in [6.07, 6.45) is 8.14. The number of anilines is 2. The van der Waals surface area contributed by atoms with Crippen LogP contribution in [0.2, 0.25) is 20.1 Å². The first kappa shape index (κ1) is 72.3. The minimum Gasteiger partial charge on any atom is -0.496 e. The Kier molecular flexibility index (Phi) is 23.9. The number of hydrogen-bond donors (Lipinski definition) is 6. The van der Waals surface area contributed by atoms with Crippen LogP contribution in [-0.4, -0.2) is 154 Å². The van der Waals surface area contributed by atoms with Crippen LogP contribution in [0.15, 0.2) is 97.3 Å². The lowest BCUT2D eigenvalue weighted by Gasteiger charge is -2.26. The van der Waals surface area contributed by atoms with Gasteiger partial charge in [0.2, 0.25) is 11.8 Å². The molecule has 4 amide bonds. The SMILES string of the molecule is COC(=O)CCN1CCc2c(nc(C(=O)Nc3cccc(-c4ccnc(-c5ccc(CNC[C@@H]6CCC(=O)N6)c(OC)c5)c4Cl)c3Cl)n2C)C1.COC(=O)CCN1CCc2c(nc(C(=O)Nc3cccc(-c4ccnc(-c5ccc(CNC[C@@H]6CCC(=O)N6)c(OC)c5)c4Cl)c3Cl)n2C)C1. The number of esters is 2. The van der Waals surface area contributed by atoms with E-state index in [0.717, 1.165) is 71.0 Å². The molecule has 100 heavy (non-hydrogen) atoms. The average molecular weight is 1440 g/mol. The average Bonchev–Trinajstić information content (AvgIpc) is 1.10. The normalized spacial score (nSPS) is 15.8. The van der Waals surface area contributed by atoms with E-state index in [1.54, 1.807) is 63.0 Å². The van der Waals surface area contributed by atoms with Crippen molar-refractivity contribution in [1.29, 1.82) is 0 Å². The molecule has 6 N–H and O–H groups in total. The summed E-state index contributed by atoms with van der Waals surface area (Å²) < 4.78 is 24.6. The van der Waals surface area contributed by atoms with Crippen molar-refractivity contribution in [2.45, 2.75) is 89.6 Å². The molecule has 4 aromatic heterocycles. The summed E-state index contributed by atoms with van der Waals surface area (Å²) in [5, 5.41) is 20.1. The standard InChI is InChI=1S/2C36H39Cl2N7O5/c2*1-44-28-12-15-45(16-13-31(47)50-3)20-27(28)42-35(44)36(48)43-26-6-4-5-24(32(26)37)25-11-14-40-34(33(25)38)21-7-8-22(29(17-21)49-2)18-39-19-23-9-10-30(46)41-23/h2*4-8,11,14,17,23,39H,9-10,12-13,15-16,18-20H2,1-3H3,(H,41,46)(H,43,48)/t2*23-/m00/s1. The molecule has 2 saturated heterocycles. The van der Waals surface area contributed by atoms with Gasteiger partial charge >= 0.3 is 11.9 Å². The first-order chi connectivity index (χ1) is 48.3. The molecule has 4 aliphatic rings. The van der Waals surface area contributed by atoms with Gasteiger partial charge in [0, 0.05) is 186 Å². The van der Waals surface area contributed by atoms with Gasteiger partial charge in [0.25, 0.3) is 11.8 Å². The number of aromatic nitrogens is 6. The van der Waals surface area contributed by atoms with E-state index in [0.29, 0.717) is 167 Å². The molecule has 0 aliphatic carbocycles. The number of nitrogens with zero attached hydrogens (tertiary/aromatic N) is 8. The highest BCUT2D eigenvalue weighted by atomic mass is 35.5. The molecule has 0 saturated carbocycles. The second-order valence-electron chi connectivity index (χ2n) is 24.7. The number of carbonyl (C=O) groups excluding carboxylic acids is 6. The van der Waals surface area contributed by atoms with Crippen molar-refractivity contribution in [2.24, 2.45) is 14.1 Å². The van der Waals surface area contributed by atoms with Crippen LogP contribution in [0.25, 0.3) is 44.8 Å². The van der Waals surface area contributed by atoms with Gasteiger partial charge in [0.05, 0.1) is 95.5 Å². The molecular formula is C72H78Cl4N14O10. The van der Waals surface area contributed by atoms with Crippen LogP contribution in [-0.2, 0) is 81.8 Å². The topological polar surface area (TPSA) is 279 Å². The minimum atomic E-state index is -0.391. The Morgan fingerprint density at radius 1 is 0.540 bits per heavy atom. The predicted octanol–water partition coefficient (Wildman–Crippen LogP) is 10.0. The molecule has 8 heterocycles. The number of benzene rings is 4. The molecule has 12 rings (SSSR count). The van der Waals surface area contributed by atoms with Crippen LogP contribution < -0.4 is 41.4 Å². The maximum Gasteiger partial charge on any atom is 0.306 e. The van der Waals surface area contributed by atoms with Crippen molar-refractivity contribution in [3.63, 3.8) is 0 Å². The molecule has 2 fully saturated rings. The van der Waals surface area contributed by atoms with Gasteiger partial charge in [-0.15, -0.1) is 0 Å². The lowest BCUT2D eigenvalue weighted by molar-refractivity contribution is -0.141. The highest BCUT2D eigenvalue weighted by Crippen LogP contribution is 2.44.